The van der Waals surface area contributed by atoms with Crippen LogP contribution >= 0.6 is 0 Å². The monoisotopic (exact) mass is 487 g/mol. The molecule has 32 heavy (non-hydrogen) atoms. The summed E-state index contributed by atoms with van der Waals surface area (Å²) in [6.45, 7) is 0.614. The maximum absolute atomic E-state index is 13.8. The SMILES string of the molecule is Cc1nn(Cc2c(F)c(F)c(F)c(F)c2F)c(C)c1NC(=O)C(F)(F)C(F)(F)C(F)(F)F. The van der Waals surface area contributed by atoms with Crippen molar-refractivity contribution in [3.63, 3.8) is 0 Å². The van der Waals surface area contributed by atoms with E-state index in [0.717, 1.165) is 19.2 Å². The Kier molecular flexibility index (Phi) is 6.24. The van der Waals surface area contributed by atoms with Gasteiger partial charge in [-0.3, -0.25) is 9.48 Å². The van der Waals surface area contributed by atoms with Crippen molar-refractivity contribution >= 4 is 11.6 Å². The Balaban J connectivity index is 2.43. The molecule has 0 atom stereocenters. The number of alkyl halides is 7. The standard InChI is InChI=1S/C16H9F12N3O/c1-4-12(29-13(32)14(22,23)15(24,25)16(26,27)28)5(2)31(30-4)3-6-7(17)9(19)11(21)10(20)8(6)18/h3H2,1-2H3,(H,29,32). The van der Waals surface area contributed by atoms with E-state index in [1.165, 1.54) is 0 Å². The average Bonchev–Trinajstić information content (AvgIpc) is 2.94. The van der Waals surface area contributed by atoms with Crippen LogP contribution in [0.25, 0.3) is 0 Å². The number of carbonyl (C=O) groups excluding carboxylic acids is 1. The van der Waals surface area contributed by atoms with E-state index in [-0.39, 0.29) is 0 Å². The predicted octanol–water partition coefficient (Wildman–Crippen LogP) is 5.02. The zero-order valence-corrected chi connectivity index (χ0v) is 15.5. The molecule has 0 fully saturated rings. The van der Waals surface area contributed by atoms with Crippen LogP contribution in [0.3, 0.4) is 0 Å². The highest BCUT2D eigenvalue weighted by Crippen LogP contribution is 2.47. The number of amides is 1. The van der Waals surface area contributed by atoms with E-state index in [1.807, 2.05) is 0 Å². The quantitative estimate of drug-likeness (QED) is 0.366. The van der Waals surface area contributed by atoms with Gasteiger partial charge in [0.05, 0.1) is 29.2 Å². The predicted molar refractivity (Wildman–Crippen MR) is 81.6 cm³/mol. The van der Waals surface area contributed by atoms with E-state index in [2.05, 4.69) is 5.10 Å². The van der Waals surface area contributed by atoms with E-state index >= 15 is 0 Å². The molecule has 1 N–H and O–H groups in total. The van der Waals surface area contributed by atoms with Crippen LogP contribution in [0, 0.1) is 42.9 Å². The molecule has 4 nitrogen and oxygen atoms in total. The van der Waals surface area contributed by atoms with Gasteiger partial charge in [-0.1, -0.05) is 0 Å². The van der Waals surface area contributed by atoms with Crippen LogP contribution in [0.4, 0.5) is 58.4 Å². The molecule has 0 saturated carbocycles. The smallest absolute Gasteiger partial charge is 0.317 e. The Bertz CT molecular complexity index is 1040. The lowest BCUT2D eigenvalue weighted by molar-refractivity contribution is -0.343. The lowest BCUT2D eigenvalue weighted by Crippen LogP contribution is -2.57. The minimum atomic E-state index is -6.78. The summed E-state index contributed by atoms with van der Waals surface area (Å²) in [5.74, 6) is -27.7. The summed E-state index contributed by atoms with van der Waals surface area (Å²) in [7, 11) is 0. The van der Waals surface area contributed by atoms with Crippen LogP contribution in [-0.4, -0.2) is 33.7 Å². The molecule has 1 amide bonds. The Morgan fingerprint density at radius 2 is 1.28 bits per heavy atom. The van der Waals surface area contributed by atoms with Gasteiger partial charge in [0.15, 0.2) is 23.3 Å². The fourth-order valence-corrected chi connectivity index (χ4v) is 2.48. The van der Waals surface area contributed by atoms with Gasteiger partial charge in [-0.25, -0.2) is 22.0 Å². The number of hydrogen-bond donors (Lipinski definition) is 1. The molecule has 0 radical (unpaired) electrons. The van der Waals surface area contributed by atoms with Crippen LogP contribution in [-0.2, 0) is 11.3 Å². The van der Waals surface area contributed by atoms with Crippen molar-refractivity contribution in [2.45, 2.75) is 38.4 Å². The van der Waals surface area contributed by atoms with Crippen LogP contribution in [0.2, 0.25) is 0 Å². The molecular weight excluding hydrogens is 478 g/mol. The number of nitrogens with one attached hydrogen (secondary N) is 1. The zero-order valence-electron chi connectivity index (χ0n) is 15.5. The van der Waals surface area contributed by atoms with E-state index in [9.17, 15) is 57.5 Å². The van der Waals surface area contributed by atoms with E-state index in [0.29, 0.717) is 4.68 Å². The first-order chi connectivity index (χ1) is 14.4. The summed E-state index contributed by atoms with van der Waals surface area (Å²) in [4.78, 5) is 11.5. The van der Waals surface area contributed by atoms with Gasteiger partial charge in [-0.05, 0) is 13.8 Å². The van der Waals surface area contributed by atoms with Crippen LogP contribution in [0.5, 0.6) is 0 Å². The van der Waals surface area contributed by atoms with Crippen molar-refractivity contribution in [1.82, 2.24) is 9.78 Å². The Morgan fingerprint density at radius 3 is 1.72 bits per heavy atom. The number of carbonyl (C=O) groups is 1. The van der Waals surface area contributed by atoms with Gasteiger partial charge in [0.1, 0.15) is 0 Å². The number of benzene rings is 1. The largest absolute Gasteiger partial charge is 0.460 e. The van der Waals surface area contributed by atoms with Crippen LogP contribution < -0.4 is 5.32 Å². The van der Waals surface area contributed by atoms with Gasteiger partial charge in [0, 0.05) is 0 Å². The number of rotatable bonds is 5. The first kappa shape index (κ1) is 25.3. The second kappa shape index (κ2) is 7.88. The van der Waals surface area contributed by atoms with E-state index in [4.69, 9.17) is 0 Å². The lowest BCUT2D eigenvalue weighted by atomic mass is 10.1. The van der Waals surface area contributed by atoms with Crippen LogP contribution in [0.15, 0.2) is 0 Å². The minimum absolute atomic E-state index is 0.448. The molecule has 0 aliphatic rings. The molecule has 0 unspecified atom stereocenters. The van der Waals surface area contributed by atoms with Gasteiger partial charge in [-0.2, -0.15) is 35.8 Å². The topological polar surface area (TPSA) is 46.9 Å². The highest BCUT2D eigenvalue weighted by molar-refractivity contribution is 5.97. The Hall–Kier alpha value is -2.94. The number of nitrogens with zero attached hydrogens (tertiary/aromatic N) is 2. The average molecular weight is 487 g/mol. The third-order valence-electron chi connectivity index (χ3n) is 4.26. The van der Waals surface area contributed by atoms with Gasteiger partial charge in [0.2, 0.25) is 5.82 Å². The maximum Gasteiger partial charge on any atom is 0.460 e. The van der Waals surface area contributed by atoms with Crippen molar-refractivity contribution in [3.05, 3.63) is 46.0 Å². The summed E-state index contributed by atoms with van der Waals surface area (Å²) < 4.78 is 157. The van der Waals surface area contributed by atoms with Crippen molar-refractivity contribution in [3.8, 4) is 0 Å². The van der Waals surface area contributed by atoms with Crippen molar-refractivity contribution in [2.75, 3.05) is 5.32 Å². The third-order valence-corrected chi connectivity index (χ3v) is 4.26. The Labute approximate surface area is 169 Å². The number of anilines is 1. The van der Waals surface area contributed by atoms with Gasteiger partial charge >= 0.3 is 23.9 Å². The first-order valence-electron chi connectivity index (χ1n) is 8.04. The molecule has 16 heteroatoms. The molecular formula is C16H9F12N3O. The fraction of sp³-hybridized carbons (Fsp3) is 0.375. The third kappa shape index (κ3) is 3.85. The van der Waals surface area contributed by atoms with Gasteiger partial charge in [0.25, 0.3) is 0 Å². The molecule has 0 saturated heterocycles. The molecule has 2 rings (SSSR count). The van der Waals surface area contributed by atoms with Crippen molar-refractivity contribution in [2.24, 2.45) is 0 Å². The maximum atomic E-state index is 13.8. The Morgan fingerprint density at radius 1 is 0.844 bits per heavy atom. The molecule has 1 aromatic carbocycles. The van der Waals surface area contributed by atoms with Crippen molar-refractivity contribution in [1.29, 1.82) is 0 Å². The molecule has 0 bridgehead atoms. The molecule has 1 heterocycles. The summed E-state index contributed by atoms with van der Waals surface area (Å²) in [5.41, 5.74) is -3.31. The molecule has 0 aliphatic carbocycles. The number of aryl methyl sites for hydroxylation is 1. The normalized spacial score (nSPS) is 12.9. The second-order valence-electron chi connectivity index (χ2n) is 6.35. The van der Waals surface area contributed by atoms with Crippen LogP contribution in [0.1, 0.15) is 17.0 Å². The van der Waals surface area contributed by atoms with E-state index < -0.39 is 82.2 Å². The summed E-state index contributed by atoms with van der Waals surface area (Å²) >= 11 is 0. The fourth-order valence-electron chi connectivity index (χ4n) is 2.48. The second-order valence-corrected chi connectivity index (χ2v) is 6.35. The molecule has 2 aromatic rings. The number of hydrogen-bond acceptors (Lipinski definition) is 2. The molecule has 0 spiro atoms. The minimum Gasteiger partial charge on any atom is -0.317 e. The number of halogens is 12. The zero-order chi connectivity index (χ0) is 25.0. The van der Waals surface area contributed by atoms with Crippen molar-refractivity contribution < 1.29 is 57.5 Å². The lowest BCUT2D eigenvalue weighted by Gasteiger charge is -2.27. The highest BCUT2D eigenvalue weighted by Gasteiger charge is 2.76. The molecule has 178 valence electrons. The highest BCUT2D eigenvalue weighted by atomic mass is 19.4. The first-order valence-corrected chi connectivity index (χ1v) is 8.04. The summed E-state index contributed by atoms with van der Waals surface area (Å²) in [5, 5.41) is 4.61. The van der Waals surface area contributed by atoms with Gasteiger partial charge < -0.3 is 5.32 Å². The summed E-state index contributed by atoms with van der Waals surface area (Å²) in [6, 6.07) is 0. The van der Waals surface area contributed by atoms with E-state index in [1.54, 1.807) is 0 Å². The number of aromatic nitrogens is 2. The van der Waals surface area contributed by atoms with Gasteiger partial charge in [-0.15, -0.1) is 0 Å². The summed E-state index contributed by atoms with van der Waals surface area (Å²) in [6.07, 6.45) is -6.78. The molecule has 0 aliphatic heterocycles. The molecule has 1 aromatic heterocycles.